The second kappa shape index (κ2) is 14.7. The van der Waals surface area contributed by atoms with Crippen molar-refractivity contribution in [2.75, 3.05) is 12.0 Å². The zero-order valence-electron chi connectivity index (χ0n) is 22.2. The predicted molar refractivity (Wildman–Crippen MR) is 148 cm³/mol. The second-order valence-corrected chi connectivity index (χ2v) is 10.8. The smallest absolute Gasteiger partial charge is 0.326 e. The summed E-state index contributed by atoms with van der Waals surface area (Å²) in [6.45, 7) is 5.05. The topological polar surface area (TPSA) is 187 Å². The van der Waals surface area contributed by atoms with Crippen molar-refractivity contribution in [1.29, 1.82) is 0 Å². The van der Waals surface area contributed by atoms with E-state index < -0.39 is 54.0 Å². The van der Waals surface area contributed by atoms with E-state index in [4.69, 9.17) is 5.73 Å². The number of para-hydroxylation sites is 1. The lowest BCUT2D eigenvalue weighted by atomic mass is 10.0. The van der Waals surface area contributed by atoms with Crippen molar-refractivity contribution >= 4 is 46.4 Å². The van der Waals surface area contributed by atoms with Crippen LogP contribution in [0.3, 0.4) is 0 Å². The van der Waals surface area contributed by atoms with Gasteiger partial charge in [-0.05, 0) is 49.3 Å². The van der Waals surface area contributed by atoms with E-state index >= 15 is 0 Å². The summed E-state index contributed by atoms with van der Waals surface area (Å²) in [6.07, 6.45) is 2.97. The van der Waals surface area contributed by atoms with Crippen molar-refractivity contribution in [3.63, 3.8) is 0 Å². The Balaban J connectivity index is 2.15. The molecule has 5 atom stereocenters. The molecule has 210 valence electrons. The third kappa shape index (κ3) is 9.03. The van der Waals surface area contributed by atoms with Gasteiger partial charge in [0.25, 0.3) is 0 Å². The molecule has 0 fully saturated rings. The fraction of sp³-hybridized carbons (Fsp3) is 0.538. The van der Waals surface area contributed by atoms with Crippen LogP contribution in [0.15, 0.2) is 30.5 Å². The number of H-pyrrole nitrogens is 1. The number of nitrogens with two attached hydrogens (primary N) is 1. The third-order valence-electron chi connectivity index (χ3n) is 6.09. The summed E-state index contributed by atoms with van der Waals surface area (Å²) >= 11 is 1.53. The molecule has 0 saturated carbocycles. The summed E-state index contributed by atoms with van der Waals surface area (Å²) in [4.78, 5) is 53.8. The van der Waals surface area contributed by atoms with Gasteiger partial charge in [0.1, 0.15) is 18.1 Å². The van der Waals surface area contributed by atoms with Gasteiger partial charge < -0.3 is 36.9 Å². The number of aliphatic hydroxyl groups excluding tert-OH is 1. The van der Waals surface area contributed by atoms with Gasteiger partial charge in [-0.2, -0.15) is 11.8 Å². The molecule has 0 aliphatic heterocycles. The first-order valence-corrected chi connectivity index (χ1v) is 13.9. The minimum Gasteiger partial charge on any atom is -0.480 e. The average molecular weight is 550 g/mol. The average Bonchev–Trinajstić information content (AvgIpc) is 3.26. The number of fused-ring (bicyclic) bond motifs is 1. The molecule has 2 aromatic rings. The highest BCUT2D eigenvalue weighted by Gasteiger charge is 2.33. The van der Waals surface area contributed by atoms with Crippen molar-refractivity contribution in [1.82, 2.24) is 20.9 Å². The third-order valence-corrected chi connectivity index (χ3v) is 6.73. The monoisotopic (exact) mass is 549 g/mol. The van der Waals surface area contributed by atoms with Crippen molar-refractivity contribution < 1.29 is 29.4 Å². The summed E-state index contributed by atoms with van der Waals surface area (Å²) in [5.74, 6) is -2.62. The summed E-state index contributed by atoms with van der Waals surface area (Å²) in [6, 6.07) is 2.91. The Kier molecular flexibility index (Phi) is 12.1. The molecule has 8 N–H and O–H groups in total. The van der Waals surface area contributed by atoms with Crippen LogP contribution in [0.1, 0.15) is 39.2 Å². The largest absolute Gasteiger partial charge is 0.480 e. The first-order chi connectivity index (χ1) is 17.9. The zero-order valence-corrected chi connectivity index (χ0v) is 23.0. The number of thioether (sulfide) groups is 1. The molecule has 0 bridgehead atoms. The van der Waals surface area contributed by atoms with E-state index in [1.165, 1.54) is 18.7 Å². The standard InChI is InChI=1S/C26H39N5O6S/c1-14(2)11-20(29-25(35)22(15(3)32)31-23(33)18(27)9-10-38-4)24(34)30-21(26(36)37)12-16-13-28-19-8-6-5-7-17(16)19/h5-8,13-15,18,20-22,28,32H,9-12,27H2,1-4H3,(H,29,35)(H,30,34)(H,31,33)(H,36,37). The molecule has 0 aliphatic rings. The van der Waals surface area contributed by atoms with Crippen LogP contribution in [0.4, 0.5) is 0 Å². The number of amides is 3. The highest BCUT2D eigenvalue weighted by atomic mass is 32.2. The van der Waals surface area contributed by atoms with Gasteiger partial charge in [0.15, 0.2) is 0 Å². The number of hydrogen-bond acceptors (Lipinski definition) is 7. The van der Waals surface area contributed by atoms with Crippen LogP contribution in [0, 0.1) is 5.92 Å². The molecule has 38 heavy (non-hydrogen) atoms. The summed E-state index contributed by atoms with van der Waals surface area (Å²) in [5, 5.41) is 28.4. The highest BCUT2D eigenvalue weighted by Crippen LogP contribution is 2.19. The van der Waals surface area contributed by atoms with Gasteiger partial charge in [0.05, 0.1) is 12.1 Å². The highest BCUT2D eigenvalue weighted by molar-refractivity contribution is 7.98. The Morgan fingerprint density at radius 1 is 1.00 bits per heavy atom. The second-order valence-electron chi connectivity index (χ2n) is 9.77. The number of aromatic amines is 1. The SMILES string of the molecule is CSCCC(N)C(=O)NC(C(=O)NC(CC(C)C)C(=O)NC(Cc1c[nH]c2ccccc12)C(=O)O)C(C)O. The van der Waals surface area contributed by atoms with E-state index in [0.29, 0.717) is 12.2 Å². The first kappa shape index (κ1) is 31.1. The molecule has 0 aliphatic carbocycles. The van der Waals surface area contributed by atoms with Crippen LogP contribution in [0.2, 0.25) is 0 Å². The molecule has 0 spiro atoms. The number of carbonyl (C=O) groups is 4. The molecule has 1 aromatic heterocycles. The lowest BCUT2D eigenvalue weighted by Crippen LogP contribution is -2.60. The molecule has 12 heteroatoms. The first-order valence-electron chi connectivity index (χ1n) is 12.6. The van der Waals surface area contributed by atoms with Gasteiger partial charge in [0, 0.05) is 23.5 Å². The Bertz CT molecular complexity index is 1100. The van der Waals surface area contributed by atoms with Gasteiger partial charge >= 0.3 is 5.97 Å². The van der Waals surface area contributed by atoms with Gasteiger partial charge in [-0.3, -0.25) is 14.4 Å². The number of aliphatic hydroxyl groups is 1. The van der Waals surface area contributed by atoms with Gasteiger partial charge in [-0.1, -0.05) is 32.0 Å². The maximum Gasteiger partial charge on any atom is 0.326 e. The molecular formula is C26H39N5O6S. The number of benzene rings is 1. The molecule has 2 rings (SSSR count). The lowest BCUT2D eigenvalue weighted by molar-refractivity contribution is -0.142. The van der Waals surface area contributed by atoms with Crippen molar-refractivity contribution in [3.8, 4) is 0 Å². The maximum atomic E-state index is 13.2. The summed E-state index contributed by atoms with van der Waals surface area (Å²) in [5.41, 5.74) is 7.46. The fourth-order valence-electron chi connectivity index (χ4n) is 4.00. The summed E-state index contributed by atoms with van der Waals surface area (Å²) in [7, 11) is 0. The Morgan fingerprint density at radius 3 is 2.26 bits per heavy atom. The van der Waals surface area contributed by atoms with Crippen molar-refractivity contribution in [2.24, 2.45) is 11.7 Å². The molecular weight excluding hydrogens is 510 g/mol. The number of rotatable bonds is 15. The Morgan fingerprint density at radius 2 is 1.66 bits per heavy atom. The normalized spacial score (nSPS) is 15.3. The van der Waals surface area contributed by atoms with E-state index in [1.54, 1.807) is 6.20 Å². The van der Waals surface area contributed by atoms with E-state index in [0.717, 1.165) is 16.5 Å². The van der Waals surface area contributed by atoms with E-state index in [1.807, 2.05) is 44.4 Å². The quantitative estimate of drug-likeness (QED) is 0.170. The molecule has 3 amide bonds. The van der Waals surface area contributed by atoms with Gasteiger partial charge in [-0.15, -0.1) is 0 Å². The lowest BCUT2D eigenvalue weighted by Gasteiger charge is -2.27. The molecule has 0 saturated heterocycles. The number of nitrogens with one attached hydrogen (secondary N) is 4. The minimum atomic E-state index is -1.34. The van der Waals surface area contributed by atoms with E-state index in [9.17, 15) is 29.4 Å². The Hall–Kier alpha value is -3.09. The van der Waals surface area contributed by atoms with E-state index in [-0.39, 0.29) is 18.8 Å². The minimum absolute atomic E-state index is 0.0255. The molecule has 1 aromatic carbocycles. The fourth-order valence-corrected chi connectivity index (χ4v) is 4.49. The van der Waals surface area contributed by atoms with Crippen LogP contribution in [-0.4, -0.2) is 81.2 Å². The van der Waals surface area contributed by atoms with Crippen molar-refractivity contribution in [2.45, 2.75) is 70.3 Å². The predicted octanol–water partition coefficient (Wildman–Crippen LogP) is 0.757. The van der Waals surface area contributed by atoms with Gasteiger partial charge in [-0.25, -0.2) is 4.79 Å². The number of hydrogen-bond donors (Lipinski definition) is 7. The zero-order chi connectivity index (χ0) is 28.4. The van der Waals surface area contributed by atoms with E-state index in [2.05, 4.69) is 20.9 Å². The maximum absolute atomic E-state index is 13.2. The van der Waals surface area contributed by atoms with Crippen LogP contribution >= 0.6 is 11.8 Å². The summed E-state index contributed by atoms with van der Waals surface area (Å²) < 4.78 is 0. The van der Waals surface area contributed by atoms with Crippen molar-refractivity contribution in [3.05, 3.63) is 36.0 Å². The molecule has 11 nitrogen and oxygen atoms in total. The number of aromatic nitrogens is 1. The van der Waals surface area contributed by atoms with Crippen LogP contribution in [-0.2, 0) is 25.6 Å². The number of carbonyl (C=O) groups excluding carboxylic acids is 3. The molecule has 0 radical (unpaired) electrons. The number of carboxylic acids is 1. The number of aliphatic carboxylic acids is 1. The van der Waals surface area contributed by atoms with Crippen LogP contribution < -0.4 is 21.7 Å². The number of carboxylic acid groups (broad SMARTS) is 1. The molecule has 1 heterocycles. The van der Waals surface area contributed by atoms with Gasteiger partial charge in [0.2, 0.25) is 17.7 Å². The van der Waals surface area contributed by atoms with Crippen LogP contribution in [0.25, 0.3) is 10.9 Å². The Labute approximate surface area is 226 Å². The van der Waals surface area contributed by atoms with Crippen LogP contribution in [0.5, 0.6) is 0 Å². The molecule has 5 unspecified atom stereocenters.